The number of benzene rings is 2. The molecule has 0 unspecified atom stereocenters. The molecule has 20 heavy (non-hydrogen) atoms. The lowest BCUT2D eigenvalue weighted by atomic mass is 10.1. The van der Waals surface area contributed by atoms with Crippen LogP contribution in [-0.2, 0) is 11.2 Å². The Balaban J connectivity index is 1.87. The lowest BCUT2D eigenvalue weighted by molar-refractivity contribution is -0.116. The molecule has 0 saturated carbocycles. The minimum Gasteiger partial charge on any atom is -0.326 e. The summed E-state index contributed by atoms with van der Waals surface area (Å²) in [5, 5.41) is 11.5. The van der Waals surface area contributed by atoms with Gasteiger partial charge in [0.15, 0.2) is 0 Å². The van der Waals surface area contributed by atoms with Gasteiger partial charge in [0.2, 0.25) is 5.91 Å². The maximum Gasteiger partial charge on any atom is 0.224 e. The van der Waals surface area contributed by atoms with Gasteiger partial charge in [-0.25, -0.2) is 0 Å². The van der Waals surface area contributed by atoms with E-state index in [2.05, 4.69) is 11.4 Å². The molecule has 0 radical (unpaired) electrons. The van der Waals surface area contributed by atoms with Crippen molar-refractivity contribution < 1.29 is 4.79 Å². The van der Waals surface area contributed by atoms with Gasteiger partial charge in [-0.2, -0.15) is 5.26 Å². The van der Waals surface area contributed by atoms with Crippen molar-refractivity contribution in [3.05, 3.63) is 65.2 Å². The van der Waals surface area contributed by atoms with Crippen molar-refractivity contribution >= 4 is 11.6 Å². The van der Waals surface area contributed by atoms with E-state index >= 15 is 0 Å². The molecular weight excluding hydrogens is 248 g/mol. The van der Waals surface area contributed by atoms with Gasteiger partial charge in [0.05, 0.1) is 11.6 Å². The number of nitrogens with one attached hydrogen (secondary N) is 1. The average Bonchev–Trinajstić information content (AvgIpc) is 2.46. The van der Waals surface area contributed by atoms with Crippen LogP contribution in [0.25, 0.3) is 0 Å². The number of nitriles is 1. The number of nitrogens with zero attached hydrogens (tertiary/aromatic N) is 1. The summed E-state index contributed by atoms with van der Waals surface area (Å²) in [6.07, 6.45) is 1.17. The van der Waals surface area contributed by atoms with Crippen LogP contribution in [-0.4, -0.2) is 5.91 Å². The molecule has 0 fully saturated rings. The fourth-order valence-corrected chi connectivity index (χ4v) is 1.98. The highest BCUT2D eigenvalue weighted by atomic mass is 16.1. The molecule has 0 atom stereocenters. The number of rotatable bonds is 4. The van der Waals surface area contributed by atoms with Gasteiger partial charge in [-0.05, 0) is 43.2 Å². The summed E-state index contributed by atoms with van der Waals surface area (Å²) >= 11 is 0. The van der Waals surface area contributed by atoms with Gasteiger partial charge in [-0.3, -0.25) is 4.79 Å². The van der Waals surface area contributed by atoms with Crippen molar-refractivity contribution in [2.75, 3.05) is 5.32 Å². The van der Waals surface area contributed by atoms with E-state index in [4.69, 9.17) is 5.26 Å². The molecule has 2 aromatic carbocycles. The average molecular weight is 264 g/mol. The molecule has 3 nitrogen and oxygen atoms in total. The van der Waals surface area contributed by atoms with Crippen LogP contribution in [0.5, 0.6) is 0 Å². The first-order valence-corrected chi connectivity index (χ1v) is 6.53. The molecule has 0 spiro atoms. The zero-order valence-electron chi connectivity index (χ0n) is 11.4. The number of anilines is 1. The van der Waals surface area contributed by atoms with E-state index in [0.29, 0.717) is 12.0 Å². The number of carbonyl (C=O) groups excluding carboxylic acids is 1. The Kier molecular flexibility index (Phi) is 4.52. The molecule has 1 amide bonds. The van der Waals surface area contributed by atoms with E-state index < -0.39 is 0 Å². The Hall–Kier alpha value is -2.60. The molecule has 1 N–H and O–H groups in total. The van der Waals surface area contributed by atoms with E-state index in [-0.39, 0.29) is 5.91 Å². The number of aryl methyl sites for hydroxylation is 2. The van der Waals surface area contributed by atoms with Crippen molar-refractivity contribution in [2.45, 2.75) is 19.8 Å². The predicted octanol–water partition coefficient (Wildman–Crippen LogP) is 3.44. The van der Waals surface area contributed by atoms with Crippen LogP contribution in [0, 0.1) is 18.3 Å². The fourth-order valence-electron chi connectivity index (χ4n) is 1.98. The van der Waals surface area contributed by atoms with E-state index in [1.807, 2.05) is 31.2 Å². The largest absolute Gasteiger partial charge is 0.326 e. The Labute approximate surface area is 118 Å². The zero-order chi connectivity index (χ0) is 14.4. The Morgan fingerprint density at radius 2 is 1.95 bits per heavy atom. The van der Waals surface area contributed by atoms with Gasteiger partial charge in [0, 0.05) is 12.1 Å². The molecule has 2 rings (SSSR count). The fraction of sp³-hybridized carbons (Fsp3) is 0.176. The highest BCUT2D eigenvalue weighted by Gasteiger charge is 2.03. The van der Waals surface area contributed by atoms with Crippen LogP contribution >= 0.6 is 0 Å². The number of hydrogen-bond donors (Lipinski definition) is 1. The van der Waals surface area contributed by atoms with Crippen molar-refractivity contribution in [1.82, 2.24) is 0 Å². The number of amides is 1. The molecule has 0 aliphatic heterocycles. The van der Waals surface area contributed by atoms with E-state index in [0.717, 1.165) is 12.1 Å². The Morgan fingerprint density at radius 1 is 1.20 bits per heavy atom. The summed E-state index contributed by atoms with van der Waals surface area (Å²) in [7, 11) is 0. The van der Waals surface area contributed by atoms with Gasteiger partial charge >= 0.3 is 0 Å². The second kappa shape index (κ2) is 6.53. The van der Waals surface area contributed by atoms with Crippen LogP contribution in [0.3, 0.4) is 0 Å². The first kappa shape index (κ1) is 13.8. The summed E-state index contributed by atoms with van der Waals surface area (Å²) in [6, 6.07) is 17.1. The minimum atomic E-state index is -0.0174. The highest BCUT2D eigenvalue weighted by molar-refractivity contribution is 5.90. The van der Waals surface area contributed by atoms with Crippen molar-refractivity contribution in [3.63, 3.8) is 0 Å². The van der Waals surface area contributed by atoms with E-state index in [1.54, 1.807) is 24.3 Å². The maximum atomic E-state index is 11.8. The second-order valence-corrected chi connectivity index (χ2v) is 4.73. The standard InChI is InChI=1S/C17H16N2O/c1-13-3-2-4-14(11-13)7-10-17(20)19-16-8-5-15(12-18)6-9-16/h2-6,8-9,11H,7,10H2,1H3,(H,19,20). The maximum absolute atomic E-state index is 11.8. The Morgan fingerprint density at radius 3 is 2.60 bits per heavy atom. The summed E-state index contributed by atoms with van der Waals surface area (Å²) in [5.41, 5.74) is 3.68. The molecule has 100 valence electrons. The first-order chi connectivity index (χ1) is 9.67. The zero-order valence-corrected chi connectivity index (χ0v) is 11.4. The molecule has 0 heterocycles. The monoisotopic (exact) mass is 264 g/mol. The normalized spacial score (nSPS) is 9.80. The second-order valence-electron chi connectivity index (χ2n) is 4.73. The predicted molar refractivity (Wildman–Crippen MR) is 79.3 cm³/mol. The topological polar surface area (TPSA) is 52.9 Å². The summed E-state index contributed by atoms with van der Waals surface area (Å²) in [4.78, 5) is 11.8. The van der Waals surface area contributed by atoms with E-state index in [9.17, 15) is 4.79 Å². The van der Waals surface area contributed by atoms with Crippen LogP contribution in [0.15, 0.2) is 48.5 Å². The van der Waals surface area contributed by atoms with Crippen LogP contribution < -0.4 is 5.32 Å². The molecule has 3 heteroatoms. The van der Waals surface area contributed by atoms with Gasteiger partial charge in [0.1, 0.15) is 0 Å². The number of hydrogen-bond acceptors (Lipinski definition) is 2. The molecular formula is C17H16N2O. The van der Waals surface area contributed by atoms with Crippen molar-refractivity contribution in [3.8, 4) is 6.07 Å². The van der Waals surface area contributed by atoms with Crippen LogP contribution in [0.2, 0.25) is 0 Å². The van der Waals surface area contributed by atoms with Crippen LogP contribution in [0.1, 0.15) is 23.1 Å². The van der Waals surface area contributed by atoms with Gasteiger partial charge in [0.25, 0.3) is 0 Å². The first-order valence-electron chi connectivity index (χ1n) is 6.53. The van der Waals surface area contributed by atoms with Gasteiger partial charge in [-0.1, -0.05) is 29.8 Å². The third kappa shape index (κ3) is 3.96. The summed E-state index contributed by atoms with van der Waals surface area (Å²) < 4.78 is 0. The summed E-state index contributed by atoms with van der Waals surface area (Å²) in [5.74, 6) is -0.0174. The molecule has 0 aliphatic rings. The minimum absolute atomic E-state index is 0.0174. The smallest absolute Gasteiger partial charge is 0.224 e. The molecule has 2 aromatic rings. The molecule has 0 saturated heterocycles. The van der Waals surface area contributed by atoms with E-state index in [1.165, 1.54) is 11.1 Å². The SMILES string of the molecule is Cc1cccc(CCC(=O)Nc2ccc(C#N)cc2)c1. The quantitative estimate of drug-likeness (QED) is 0.919. The molecule has 0 bridgehead atoms. The third-order valence-corrected chi connectivity index (χ3v) is 3.02. The van der Waals surface area contributed by atoms with Gasteiger partial charge in [-0.15, -0.1) is 0 Å². The van der Waals surface area contributed by atoms with Crippen molar-refractivity contribution in [1.29, 1.82) is 5.26 Å². The lowest BCUT2D eigenvalue weighted by Gasteiger charge is -2.06. The highest BCUT2D eigenvalue weighted by Crippen LogP contribution is 2.11. The van der Waals surface area contributed by atoms with Crippen LogP contribution in [0.4, 0.5) is 5.69 Å². The third-order valence-electron chi connectivity index (χ3n) is 3.02. The Bertz CT molecular complexity index is 639. The molecule has 0 aliphatic carbocycles. The summed E-state index contributed by atoms with van der Waals surface area (Å²) in [6.45, 7) is 2.04. The lowest BCUT2D eigenvalue weighted by Crippen LogP contribution is -2.12. The van der Waals surface area contributed by atoms with Crippen molar-refractivity contribution in [2.24, 2.45) is 0 Å². The molecule has 0 aromatic heterocycles. The van der Waals surface area contributed by atoms with Gasteiger partial charge < -0.3 is 5.32 Å². The number of carbonyl (C=O) groups is 1.